The van der Waals surface area contributed by atoms with Crippen molar-refractivity contribution in [3.05, 3.63) is 30.0 Å². The second-order valence-electron chi connectivity index (χ2n) is 5.72. The number of rotatable bonds is 5. The van der Waals surface area contributed by atoms with Gasteiger partial charge in [0.25, 0.3) is 5.91 Å². The molecule has 0 radical (unpaired) electrons. The number of fused-ring (bicyclic) bond motifs is 1. The van der Waals surface area contributed by atoms with E-state index in [-0.39, 0.29) is 11.9 Å². The van der Waals surface area contributed by atoms with E-state index in [4.69, 9.17) is 10.5 Å². The van der Waals surface area contributed by atoms with Crippen molar-refractivity contribution < 1.29 is 9.53 Å². The van der Waals surface area contributed by atoms with E-state index < -0.39 is 0 Å². The first-order valence-electron chi connectivity index (χ1n) is 7.37. The Hall–Kier alpha value is -2.01. The standard InChI is InChI=1S/C16H21N3O2/c1-21-13-2-3-14-11(8-13)9-15(19-14)16(20)18-12-6-10(7-12)4-5-17/h2-3,8-10,12,19H,4-7,17H2,1H3,(H,18,20). The summed E-state index contributed by atoms with van der Waals surface area (Å²) in [4.78, 5) is 15.4. The molecule has 1 heterocycles. The number of ether oxygens (including phenoxy) is 1. The van der Waals surface area contributed by atoms with Gasteiger partial charge in [0.1, 0.15) is 11.4 Å². The van der Waals surface area contributed by atoms with Gasteiger partial charge in [0.05, 0.1) is 7.11 Å². The summed E-state index contributed by atoms with van der Waals surface area (Å²) in [6.45, 7) is 0.731. The minimum atomic E-state index is -0.0404. The molecule has 1 aromatic heterocycles. The molecule has 0 saturated heterocycles. The molecule has 0 spiro atoms. The van der Waals surface area contributed by atoms with Gasteiger partial charge in [0.2, 0.25) is 0 Å². The van der Waals surface area contributed by atoms with Crippen molar-refractivity contribution >= 4 is 16.8 Å². The molecule has 5 heteroatoms. The van der Waals surface area contributed by atoms with Crippen LogP contribution in [0.2, 0.25) is 0 Å². The van der Waals surface area contributed by atoms with Crippen LogP contribution in [0.4, 0.5) is 0 Å². The lowest BCUT2D eigenvalue weighted by Crippen LogP contribution is -2.44. The Balaban J connectivity index is 1.65. The van der Waals surface area contributed by atoms with E-state index in [0.717, 1.165) is 42.5 Å². The Bertz CT molecular complexity index is 644. The maximum atomic E-state index is 12.2. The van der Waals surface area contributed by atoms with E-state index in [2.05, 4.69) is 10.3 Å². The number of hydrogen-bond donors (Lipinski definition) is 3. The number of H-pyrrole nitrogens is 1. The highest BCUT2D eigenvalue weighted by molar-refractivity contribution is 5.98. The van der Waals surface area contributed by atoms with Crippen LogP contribution in [0.25, 0.3) is 10.9 Å². The number of nitrogens with two attached hydrogens (primary N) is 1. The third-order valence-electron chi connectivity index (χ3n) is 4.22. The summed E-state index contributed by atoms with van der Waals surface area (Å²) in [6, 6.07) is 7.87. The fraction of sp³-hybridized carbons (Fsp3) is 0.438. The average molecular weight is 287 g/mol. The minimum Gasteiger partial charge on any atom is -0.497 e. The molecule has 1 aliphatic carbocycles. The Morgan fingerprint density at radius 2 is 2.24 bits per heavy atom. The molecular weight excluding hydrogens is 266 g/mol. The second-order valence-corrected chi connectivity index (χ2v) is 5.72. The lowest BCUT2D eigenvalue weighted by atomic mass is 9.78. The Morgan fingerprint density at radius 1 is 1.43 bits per heavy atom. The maximum absolute atomic E-state index is 12.2. The summed E-state index contributed by atoms with van der Waals surface area (Å²) in [5, 5.41) is 4.05. The summed E-state index contributed by atoms with van der Waals surface area (Å²) < 4.78 is 5.19. The monoisotopic (exact) mass is 287 g/mol. The Morgan fingerprint density at radius 3 is 2.95 bits per heavy atom. The molecule has 21 heavy (non-hydrogen) atoms. The third kappa shape index (κ3) is 2.88. The van der Waals surface area contributed by atoms with E-state index in [1.165, 1.54) is 0 Å². The molecule has 0 atom stereocenters. The van der Waals surface area contributed by atoms with E-state index >= 15 is 0 Å². The van der Waals surface area contributed by atoms with Crippen LogP contribution in [0.15, 0.2) is 24.3 Å². The molecule has 5 nitrogen and oxygen atoms in total. The third-order valence-corrected chi connectivity index (χ3v) is 4.22. The number of carbonyl (C=O) groups is 1. The van der Waals surface area contributed by atoms with Crippen LogP contribution in [0.3, 0.4) is 0 Å². The largest absolute Gasteiger partial charge is 0.497 e. The second kappa shape index (κ2) is 5.77. The zero-order valence-corrected chi connectivity index (χ0v) is 12.2. The number of hydrogen-bond acceptors (Lipinski definition) is 3. The topological polar surface area (TPSA) is 80.1 Å². The zero-order chi connectivity index (χ0) is 14.8. The molecular formula is C16H21N3O2. The van der Waals surface area contributed by atoms with Crippen molar-refractivity contribution in [2.75, 3.05) is 13.7 Å². The number of carbonyl (C=O) groups excluding carboxylic acids is 1. The van der Waals surface area contributed by atoms with Crippen molar-refractivity contribution in [2.24, 2.45) is 11.7 Å². The van der Waals surface area contributed by atoms with Crippen molar-refractivity contribution in [3.63, 3.8) is 0 Å². The maximum Gasteiger partial charge on any atom is 0.267 e. The number of amides is 1. The smallest absolute Gasteiger partial charge is 0.267 e. The van der Waals surface area contributed by atoms with Gasteiger partial charge in [0.15, 0.2) is 0 Å². The number of aromatic nitrogens is 1. The predicted molar refractivity (Wildman–Crippen MR) is 82.5 cm³/mol. The highest BCUT2D eigenvalue weighted by Gasteiger charge is 2.29. The van der Waals surface area contributed by atoms with Gasteiger partial charge in [0, 0.05) is 16.9 Å². The number of benzene rings is 1. The number of nitrogens with one attached hydrogen (secondary N) is 2. The van der Waals surface area contributed by atoms with Gasteiger partial charge in [-0.25, -0.2) is 0 Å². The molecule has 1 saturated carbocycles. The van der Waals surface area contributed by atoms with Crippen molar-refractivity contribution in [1.82, 2.24) is 10.3 Å². The predicted octanol–water partition coefficient (Wildman–Crippen LogP) is 2.03. The SMILES string of the molecule is COc1ccc2[nH]c(C(=O)NC3CC(CCN)C3)cc2c1. The summed E-state index contributed by atoms with van der Waals surface area (Å²) in [6.07, 6.45) is 3.13. The normalized spacial score (nSPS) is 21.0. The molecule has 1 fully saturated rings. The fourth-order valence-corrected chi connectivity index (χ4v) is 2.95. The van der Waals surface area contributed by atoms with Gasteiger partial charge in [-0.15, -0.1) is 0 Å². The Kier molecular flexibility index (Phi) is 3.84. The van der Waals surface area contributed by atoms with Gasteiger partial charge >= 0.3 is 0 Å². The lowest BCUT2D eigenvalue weighted by Gasteiger charge is -2.35. The number of methoxy groups -OCH3 is 1. The van der Waals surface area contributed by atoms with Crippen LogP contribution in [0, 0.1) is 5.92 Å². The summed E-state index contributed by atoms with van der Waals surface area (Å²) in [5.74, 6) is 1.42. The summed E-state index contributed by atoms with van der Waals surface area (Å²) in [5.41, 5.74) is 7.08. The van der Waals surface area contributed by atoms with Crippen LogP contribution in [0.5, 0.6) is 5.75 Å². The van der Waals surface area contributed by atoms with Crippen LogP contribution in [-0.2, 0) is 0 Å². The first kappa shape index (κ1) is 13.9. The van der Waals surface area contributed by atoms with E-state index in [1.807, 2.05) is 24.3 Å². The molecule has 0 unspecified atom stereocenters. The highest BCUT2D eigenvalue weighted by Crippen LogP contribution is 2.30. The van der Waals surface area contributed by atoms with Gasteiger partial charge in [-0.05, 0) is 56.0 Å². The van der Waals surface area contributed by atoms with Gasteiger partial charge in [-0.1, -0.05) is 0 Å². The molecule has 0 bridgehead atoms. The molecule has 1 amide bonds. The average Bonchev–Trinajstić information content (AvgIpc) is 2.87. The molecule has 1 aromatic carbocycles. The Labute approximate surface area is 123 Å². The van der Waals surface area contributed by atoms with Crippen LogP contribution in [-0.4, -0.2) is 30.6 Å². The molecule has 4 N–H and O–H groups in total. The fourth-order valence-electron chi connectivity index (χ4n) is 2.95. The molecule has 2 aromatic rings. The molecule has 3 rings (SSSR count). The van der Waals surface area contributed by atoms with Crippen molar-refractivity contribution in [1.29, 1.82) is 0 Å². The van der Waals surface area contributed by atoms with Crippen molar-refractivity contribution in [3.8, 4) is 5.75 Å². The summed E-state index contributed by atoms with van der Waals surface area (Å²) in [7, 11) is 1.63. The molecule has 1 aliphatic rings. The number of aromatic amines is 1. The molecule has 0 aliphatic heterocycles. The van der Waals surface area contributed by atoms with E-state index in [1.54, 1.807) is 7.11 Å². The van der Waals surface area contributed by atoms with Gasteiger partial charge in [-0.3, -0.25) is 4.79 Å². The zero-order valence-electron chi connectivity index (χ0n) is 12.2. The van der Waals surface area contributed by atoms with Crippen molar-refractivity contribution in [2.45, 2.75) is 25.3 Å². The van der Waals surface area contributed by atoms with Crippen LogP contribution < -0.4 is 15.8 Å². The quantitative estimate of drug-likeness (QED) is 0.787. The van der Waals surface area contributed by atoms with Crippen LogP contribution in [0.1, 0.15) is 29.8 Å². The first-order chi connectivity index (χ1) is 10.2. The van der Waals surface area contributed by atoms with E-state index in [9.17, 15) is 4.79 Å². The van der Waals surface area contributed by atoms with Gasteiger partial charge < -0.3 is 20.8 Å². The van der Waals surface area contributed by atoms with E-state index in [0.29, 0.717) is 11.6 Å². The van der Waals surface area contributed by atoms with Gasteiger partial charge in [-0.2, -0.15) is 0 Å². The minimum absolute atomic E-state index is 0.0404. The van der Waals surface area contributed by atoms with Crippen LogP contribution >= 0.6 is 0 Å². The molecule has 112 valence electrons. The highest BCUT2D eigenvalue weighted by atomic mass is 16.5. The first-order valence-corrected chi connectivity index (χ1v) is 7.37. The summed E-state index contributed by atoms with van der Waals surface area (Å²) >= 11 is 0. The lowest BCUT2D eigenvalue weighted by molar-refractivity contribution is 0.0882.